The van der Waals surface area contributed by atoms with Gasteiger partial charge in [-0.05, 0) is 42.0 Å². The van der Waals surface area contributed by atoms with Gasteiger partial charge in [-0.3, -0.25) is 4.79 Å². The van der Waals surface area contributed by atoms with Crippen molar-refractivity contribution in [1.82, 2.24) is 0 Å². The average molecular weight is 482 g/mol. The van der Waals surface area contributed by atoms with E-state index in [1.807, 2.05) is 0 Å². The van der Waals surface area contributed by atoms with Gasteiger partial charge in [0.15, 0.2) is 58.9 Å². The first-order chi connectivity index (χ1) is 16.8. The molecule has 2 aliphatic heterocycles. The van der Waals surface area contributed by atoms with Gasteiger partial charge in [0.05, 0.1) is 13.7 Å². The number of aromatic hydroxyl groups is 3. The molecule has 3 aromatic carbocycles. The van der Waals surface area contributed by atoms with Gasteiger partial charge in [0.25, 0.3) is 0 Å². The Morgan fingerprint density at radius 1 is 0.829 bits per heavy atom. The van der Waals surface area contributed by atoms with Crippen molar-refractivity contribution in [2.24, 2.45) is 0 Å². The van der Waals surface area contributed by atoms with Crippen LogP contribution in [-0.4, -0.2) is 57.2 Å². The minimum Gasteiger partial charge on any atom is -0.504 e. The number of aliphatic hydroxyl groups is 2. The molecule has 0 saturated carbocycles. The van der Waals surface area contributed by atoms with Crippen LogP contribution in [0.4, 0.5) is 0 Å². The Labute approximate surface area is 199 Å². The maximum absolute atomic E-state index is 12.8. The molecule has 4 unspecified atom stereocenters. The van der Waals surface area contributed by atoms with Crippen LogP contribution in [0, 0.1) is 0 Å². The van der Waals surface area contributed by atoms with E-state index in [4.69, 9.17) is 18.9 Å². The zero-order valence-corrected chi connectivity index (χ0v) is 18.4. The van der Waals surface area contributed by atoms with E-state index >= 15 is 0 Å². The number of hydrogen-bond donors (Lipinski definition) is 5. The lowest BCUT2D eigenvalue weighted by molar-refractivity contribution is -0.0130. The van der Waals surface area contributed by atoms with Crippen molar-refractivity contribution in [3.05, 3.63) is 65.2 Å². The first-order valence-corrected chi connectivity index (χ1v) is 10.7. The third-order valence-electron chi connectivity index (χ3n) is 6.05. The summed E-state index contributed by atoms with van der Waals surface area (Å²) in [5.74, 6) is -1.13. The molecule has 10 heteroatoms. The van der Waals surface area contributed by atoms with Crippen molar-refractivity contribution in [3.63, 3.8) is 0 Å². The number of fused-ring (bicyclic) bond motifs is 2. The number of phenolic OH excluding ortho intramolecular Hbond substituents is 3. The minimum atomic E-state index is -1.65. The van der Waals surface area contributed by atoms with Crippen molar-refractivity contribution < 1.29 is 49.3 Å². The third kappa shape index (κ3) is 3.72. The minimum absolute atomic E-state index is 0.0184. The number of carbonyl (C=O) groups is 1. The Kier molecular flexibility index (Phi) is 5.54. The number of carbonyl (C=O) groups excluding carboxylic acids is 1. The van der Waals surface area contributed by atoms with Crippen LogP contribution in [0.5, 0.6) is 40.2 Å². The van der Waals surface area contributed by atoms with E-state index in [1.54, 1.807) is 30.3 Å². The molecule has 2 aliphatic rings. The maximum Gasteiger partial charge on any atom is 0.203 e. The van der Waals surface area contributed by atoms with Gasteiger partial charge in [-0.1, -0.05) is 12.1 Å². The van der Waals surface area contributed by atoms with Crippen LogP contribution in [0.1, 0.15) is 33.7 Å². The van der Waals surface area contributed by atoms with Gasteiger partial charge in [0.2, 0.25) is 5.78 Å². The van der Waals surface area contributed by atoms with Crippen molar-refractivity contribution >= 4 is 5.78 Å². The Morgan fingerprint density at radius 2 is 1.49 bits per heavy atom. The third-order valence-corrected chi connectivity index (χ3v) is 6.05. The molecule has 0 fully saturated rings. The number of aliphatic hydroxyl groups excluding tert-OH is 2. The van der Waals surface area contributed by atoms with Gasteiger partial charge in [-0.15, -0.1) is 0 Å². The number of benzene rings is 3. The number of ketones is 1. The van der Waals surface area contributed by atoms with Gasteiger partial charge < -0.3 is 44.5 Å². The molecule has 0 spiro atoms. The summed E-state index contributed by atoms with van der Waals surface area (Å²) in [4.78, 5) is 12.8. The van der Waals surface area contributed by atoms with Gasteiger partial charge in [-0.2, -0.15) is 0 Å². The zero-order valence-electron chi connectivity index (χ0n) is 18.4. The summed E-state index contributed by atoms with van der Waals surface area (Å²) in [7, 11) is 1.41. The summed E-state index contributed by atoms with van der Waals surface area (Å²) in [5, 5.41) is 50.2. The molecule has 35 heavy (non-hydrogen) atoms. The van der Waals surface area contributed by atoms with Gasteiger partial charge in [0, 0.05) is 5.56 Å². The summed E-state index contributed by atoms with van der Waals surface area (Å²) in [6, 6.07) is 11.9. The molecule has 0 bridgehead atoms. The second-order valence-electron chi connectivity index (χ2n) is 8.17. The molecule has 0 amide bonds. The molecule has 0 radical (unpaired) electrons. The lowest BCUT2D eigenvalue weighted by Crippen LogP contribution is -2.37. The molecule has 182 valence electrons. The SMILES string of the molecule is COc1cc(C2Oc3cc(C4Oc5ccc(O)c(O)c5C(=O)C4O)ccc3OC2CO)ccc1O. The number of hydrogen-bond acceptors (Lipinski definition) is 10. The summed E-state index contributed by atoms with van der Waals surface area (Å²) >= 11 is 0. The quantitative estimate of drug-likeness (QED) is 0.350. The van der Waals surface area contributed by atoms with Crippen LogP contribution in [0.2, 0.25) is 0 Å². The van der Waals surface area contributed by atoms with Crippen LogP contribution in [-0.2, 0) is 0 Å². The number of rotatable bonds is 4. The van der Waals surface area contributed by atoms with Crippen LogP contribution >= 0.6 is 0 Å². The topological polar surface area (TPSA) is 155 Å². The fourth-order valence-electron chi connectivity index (χ4n) is 4.25. The molecule has 0 saturated heterocycles. The number of methoxy groups -OCH3 is 1. The number of Topliss-reactive ketones (excluding diaryl/α,β-unsaturated/α-hetero) is 1. The lowest BCUT2D eigenvalue weighted by atomic mass is 9.92. The van der Waals surface area contributed by atoms with E-state index < -0.39 is 41.7 Å². The first-order valence-electron chi connectivity index (χ1n) is 10.7. The molecular formula is C25H22O10. The highest BCUT2D eigenvalue weighted by Crippen LogP contribution is 2.46. The highest BCUT2D eigenvalue weighted by Gasteiger charge is 2.40. The fourth-order valence-corrected chi connectivity index (χ4v) is 4.25. The molecule has 5 rings (SSSR count). The summed E-state index contributed by atoms with van der Waals surface area (Å²) < 4.78 is 23.0. The van der Waals surface area contributed by atoms with E-state index in [9.17, 15) is 30.3 Å². The second-order valence-corrected chi connectivity index (χ2v) is 8.17. The van der Waals surface area contributed by atoms with Gasteiger partial charge in [0.1, 0.15) is 11.3 Å². The fraction of sp³-hybridized carbons (Fsp3) is 0.240. The highest BCUT2D eigenvalue weighted by molar-refractivity contribution is 6.06. The largest absolute Gasteiger partial charge is 0.504 e. The standard InChI is InChI=1S/C25H22O10/c1-32-17-8-11(2-4-13(17)27)24-19(10-26)33-15-6-3-12(9-18(15)35-24)25-23(31)22(30)20-16(34-25)7-5-14(28)21(20)29/h2-9,19,23-29,31H,10H2,1H3. The van der Waals surface area contributed by atoms with Crippen molar-refractivity contribution in [3.8, 4) is 40.2 Å². The highest BCUT2D eigenvalue weighted by atomic mass is 16.6. The van der Waals surface area contributed by atoms with Crippen molar-refractivity contribution in [2.45, 2.75) is 24.4 Å². The predicted octanol–water partition coefficient (Wildman–Crippen LogP) is 2.36. The molecule has 3 aromatic rings. The van der Waals surface area contributed by atoms with Gasteiger partial charge in [-0.25, -0.2) is 0 Å². The Morgan fingerprint density at radius 3 is 2.23 bits per heavy atom. The van der Waals surface area contributed by atoms with Crippen LogP contribution in [0.15, 0.2) is 48.5 Å². The smallest absolute Gasteiger partial charge is 0.203 e. The van der Waals surface area contributed by atoms with Crippen LogP contribution in [0.3, 0.4) is 0 Å². The monoisotopic (exact) mass is 482 g/mol. The van der Waals surface area contributed by atoms with E-state index in [-0.39, 0.29) is 35.2 Å². The zero-order chi connectivity index (χ0) is 24.9. The lowest BCUT2D eigenvalue weighted by Gasteiger charge is -2.35. The molecule has 4 atom stereocenters. The van der Waals surface area contributed by atoms with E-state index in [2.05, 4.69) is 0 Å². The number of phenols is 3. The van der Waals surface area contributed by atoms with Gasteiger partial charge >= 0.3 is 0 Å². The first kappa shape index (κ1) is 22.6. The molecule has 0 aromatic heterocycles. The Balaban J connectivity index is 1.49. The van der Waals surface area contributed by atoms with E-state index in [0.717, 1.165) is 0 Å². The Bertz CT molecular complexity index is 1300. The van der Waals surface area contributed by atoms with Crippen LogP contribution < -0.4 is 18.9 Å². The second kappa shape index (κ2) is 8.57. The number of ether oxygens (including phenoxy) is 4. The molecule has 10 nitrogen and oxygen atoms in total. The maximum atomic E-state index is 12.8. The molecule has 5 N–H and O–H groups in total. The normalized spacial score (nSPS) is 22.8. The summed E-state index contributed by atoms with van der Waals surface area (Å²) in [6.45, 7) is -0.346. The van der Waals surface area contributed by atoms with E-state index in [1.165, 1.54) is 25.3 Å². The summed E-state index contributed by atoms with van der Waals surface area (Å²) in [6.07, 6.45) is -4.27. The Hall–Kier alpha value is -4.15. The predicted molar refractivity (Wildman–Crippen MR) is 119 cm³/mol. The summed E-state index contributed by atoms with van der Waals surface area (Å²) in [5.41, 5.74) is 0.692. The average Bonchev–Trinajstić information content (AvgIpc) is 2.87. The van der Waals surface area contributed by atoms with Crippen LogP contribution in [0.25, 0.3) is 0 Å². The molecular weight excluding hydrogens is 460 g/mol. The van der Waals surface area contributed by atoms with E-state index in [0.29, 0.717) is 16.9 Å². The van der Waals surface area contributed by atoms with Crippen molar-refractivity contribution in [1.29, 1.82) is 0 Å². The van der Waals surface area contributed by atoms with Crippen molar-refractivity contribution in [2.75, 3.05) is 13.7 Å². The molecule has 0 aliphatic carbocycles. The molecule has 2 heterocycles.